The van der Waals surface area contributed by atoms with Crippen molar-refractivity contribution < 1.29 is 14.3 Å². The van der Waals surface area contributed by atoms with Gasteiger partial charge in [0.05, 0.1) is 6.61 Å². The molecule has 1 N–H and O–H groups in total. The second-order valence-corrected chi connectivity index (χ2v) is 9.57. The van der Waals surface area contributed by atoms with Gasteiger partial charge in [-0.3, -0.25) is 4.79 Å². The SMILES string of the molecule is CCCCc1ccc(NC(=O)c2ccc(OCC)c(COc3ccc(C(C)(C)C)cc3)c2)cc1. The van der Waals surface area contributed by atoms with Crippen molar-refractivity contribution >= 4 is 11.6 Å². The van der Waals surface area contributed by atoms with E-state index in [1.165, 1.54) is 24.0 Å². The molecule has 34 heavy (non-hydrogen) atoms. The van der Waals surface area contributed by atoms with Crippen LogP contribution in [0.15, 0.2) is 66.7 Å². The Balaban J connectivity index is 1.70. The third-order valence-electron chi connectivity index (χ3n) is 5.77. The van der Waals surface area contributed by atoms with Crippen molar-refractivity contribution in [1.29, 1.82) is 0 Å². The fourth-order valence-electron chi connectivity index (χ4n) is 3.68. The van der Waals surface area contributed by atoms with Crippen LogP contribution in [0.5, 0.6) is 11.5 Å². The highest BCUT2D eigenvalue weighted by atomic mass is 16.5. The van der Waals surface area contributed by atoms with Crippen LogP contribution in [-0.2, 0) is 18.4 Å². The average Bonchev–Trinajstić information content (AvgIpc) is 2.83. The zero-order valence-electron chi connectivity index (χ0n) is 21.1. The number of amides is 1. The lowest BCUT2D eigenvalue weighted by molar-refractivity contribution is 0.102. The molecule has 0 heterocycles. The van der Waals surface area contributed by atoms with E-state index in [2.05, 4.69) is 57.3 Å². The summed E-state index contributed by atoms with van der Waals surface area (Å²) in [6, 6.07) is 21.7. The molecule has 0 saturated carbocycles. The molecule has 0 aliphatic carbocycles. The van der Waals surface area contributed by atoms with Crippen molar-refractivity contribution in [1.82, 2.24) is 0 Å². The third kappa shape index (κ3) is 7.11. The summed E-state index contributed by atoms with van der Waals surface area (Å²) in [6.07, 6.45) is 3.40. The molecular weight excluding hydrogens is 422 g/mol. The number of anilines is 1. The summed E-state index contributed by atoms with van der Waals surface area (Å²) in [5.41, 5.74) is 4.83. The lowest BCUT2D eigenvalue weighted by Gasteiger charge is -2.19. The molecule has 0 spiro atoms. The molecule has 180 valence electrons. The molecule has 3 aromatic carbocycles. The second-order valence-electron chi connectivity index (χ2n) is 9.57. The Morgan fingerprint density at radius 1 is 0.882 bits per heavy atom. The normalized spacial score (nSPS) is 11.2. The third-order valence-corrected chi connectivity index (χ3v) is 5.77. The van der Waals surface area contributed by atoms with Crippen LogP contribution < -0.4 is 14.8 Å². The van der Waals surface area contributed by atoms with Gasteiger partial charge in [0.25, 0.3) is 5.91 Å². The first kappa shape index (κ1) is 25.4. The quantitative estimate of drug-likeness (QED) is 0.340. The standard InChI is InChI=1S/C30H37NO3/c1-6-8-9-22-10-15-26(16-11-22)31-29(32)23-12-19-28(33-7-2)24(20-23)21-34-27-17-13-25(14-18-27)30(3,4)5/h10-20H,6-9,21H2,1-5H3,(H,31,32). The number of hydrogen-bond acceptors (Lipinski definition) is 3. The molecule has 0 bridgehead atoms. The molecule has 3 aromatic rings. The molecule has 0 atom stereocenters. The van der Waals surface area contributed by atoms with Crippen LogP contribution in [0.3, 0.4) is 0 Å². The minimum absolute atomic E-state index is 0.0954. The van der Waals surface area contributed by atoms with E-state index in [1.54, 1.807) is 6.07 Å². The summed E-state index contributed by atoms with van der Waals surface area (Å²) in [6.45, 7) is 11.6. The fourth-order valence-corrected chi connectivity index (χ4v) is 3.68. The summed E-state index contributed by atoms with van der Waals surface area (Å²) >= 11 is 0. The summed E-state index contributed by atoms with van der Waals surface area (Å²) in [5.74, 6) is 1.36. The van der Waals surface area contributed by atoms with E-state index in [1.807, 2.05) is 43.3 Å². The molecule has 0 aliphatic heterocycles. The molecule has 0 fully saturated rings. The summed E-state index contributed by atoms with van der Waals surface area (Å²) in [5, 5.41) is 2.99. The number of hydrogen-bond donors (Lipinski definition) is 1. The number of benzene rings is 3. The molecule has 0 saturated heterocycles. The number of carbonyl (C=O) groups is 1. The predicted octanol–water partition coefficient (Wildman–Crippen LogP) is 7.56. The Morgan fingerprint density at radius 2 is 1.59 bits per heavy atom. The molecule has 3 rings (SSSR count). The van der Waals surface area contributed by atoms with E-state index < -0.39 is 0 Å². The predicted molar refractivity (Wildman–Crippen MR) is 140 cm³/mol. The van der Waals surface area contributed by atoms with Gasteiger partial charge in [-0.25, -0.2) is 0 Å². The lowest BCUT2D eigenvalue weighted by atomic mass is 9.87. The summed E-state index contributed by atoms with van der Waals surface area (Å²) in [4.78, 5) is 12.9. The molecule has 0 aromatic heterocycles. The molecule has 0 unspecified atom stereocenters. The van der Waals surface area contributed by atoms with Gasteiger partial charge in [-0.15, -0.1) is 0 Å². The van der Waals surface area contributed by atoms with Crippen molar-refractivity contribution in [3.63, 3.8) is 0 Å². The number of rotatable bonds is 10. The van der Waals surface area contributed by atoms with Gasteiger partial charge >= 0.3 is 0 Å². The highest BCUT2D eigenvalue weighted by Crippen LogP contribution is 2.26. The number of carbonyl (C=O) groups excluding carboxylic acids is 1. The minimum atomic E-state index is -0.153. The fraction of sp³-hybridized carbons (Fsp3) is 0.367. The minimum Gasteiger partial charge on any atom is -0.493 e. The first-order valence-corrected chi connectivity index (χ1v) is 12.2. The van der Waals surface area contributed by atoms with Gasteiger partial charge in [0.15, 0.2) is 0 Å². The maximum absolute atomic E-state index is 12.9. The van der Waals surface area contributed by atoms with Crippen LogP contribution in [0.2, 0.25) is 0 Å². The Morgan fingerprint density at radius 3 is 2.21 bits per heavy atom. The van der Waals surface area contributed by atoms with Gasteiger partial charge < -0.3 is 14.8 Å². The van der Waals surface area contributed by atoms with Crippen LogP contribution in [0, 0.1) is 0 Å². The van der Waals surface area contributed by atoms with Gasteiger partial charge in [0.2, 0.25) is 0 Å². The van der Waals surface area contributed by atoms with E-state index in [9.17, 15) is 4.79 Å². The topological polar surface area (TPSA) is 47.6 Å². The van der Waals surface area contributed by atoms with Crippen molar-refractivity contribution in [2.75, 3.05) is 11.9 Å². The van der Waals surface area contributed by atoms with Crippen LogP contribution in [0.1, 0.15) is 74.5 Å². The number of aryl methyl sites for hydroxylation is 1. The maximum Gasteiger partial charge on any atom is 0.255 e. The second kappa shape index (κ2) is 11.7. The number of unbranched alkanes of at least 4 members (excludes halogenated alkanes) is 1. The monoisotopic (exact) mass is 459 g/mol. The Bertz CT molecular complexity index is 1060. The highest BCUT2D eigenvalue weighted by molar-refractivity contribution is 6.04. The summed E-state index contributed by atoms with van der Waals surface area (Å²) in [7, 11) is 0. The lowest BCUT2D eigenvalue weighted by Crippen LogP contribution is -2.13. The van der Waals surface area contributed by atoms with E-state index in [-0.39, 0.29) is 11.3 Å². The van der Waals surface area contributed by atoms with Crippen LogP contribution >= 0.6 is 0 Å². The van der Waals surface area contributed by atoms with Gasteiger partial charge in [0, 0.05) is 16.8 Å². The average molecular weight is 460 g/mol. The van der Waals surface area contributed by atoms with Crippen LogP contribution in [0.4, 0.5) is 5.69 Å². The molecule has 4 heteroatoms. The van der Waals surface area contributed by atoms with E-state index >= 15 is 0 Å². The van der Waals surface area contributed by atoms with Crippen LogP contribution in [0.25, 0.3) is 0 Å². The largest absolute Gasteiger partial charge is 0.493 e. The Kier molecular flexibility index (Phi) is 8.75. The zero-order chi connectivity index (χ0) is 24.6. The van der Waals surface area contributed by atoms with Gasteiger partial charge in [-0.2, -0.15) is 0 Å². The van der Waals surface area contributed by atoms with E-state index in [0.29, 0.717) is 18.8 Å². The van der Waals surface area contributed by atoms with Crippen molar-refractivity contribution in [3.8, 4) is 11.5 Å². The Labute approximate surface area is 204 Å². The van der Waals surface area contributed by atoms with Gasteiger partial charge in [-0.1, -0.05) is 58.4 Å². The molecule has 0 aliphatic rings. The smallest absolute Gasteiger partial charge is 0.255 e. The van der Waals surface area contributed by atoms with E-state index in [0.717, 1.165) is 29.2 Å². The molecule has 0 radical (unpaired) electrons. The number of nitrogens with one attached hydrogen (secondary N) is 1. The van der Waals surface area contributed by atoms with Gasteiger partial charge in [-0.05, 0) is 78.8 Å². The zero-order valence-corrected chi connectivity index (χ0v) is 21.1. The number of ether oxygens (including phenoxy) is 2. The van der Waals surface area contributed by atoms with Gasteiger partial charge in [0.1, 0.15) is 18.1 Å². The van der Waals surface area contributed by atoms with E-state index in [4.69, 9.17) is 9.47 Å². The summed E-state index contributed by atoms with van der Waals surface area (Å²) < 4.78 is 11.8. The first-order valence-electron chi connectivity index (χ1n) is 12.2. The van der Waals surface area contributed by atoms with Crippen molar-refractivity contribution in [3.05, 3.63) is 89.0 Å². The highest BCUT2D eigenvalue weighted by Gasteiger charge is 2.14. The molecular formula is C30H37NO3. The molecule has 4 nitrogen and oxygen atoms in total. The first-order chi connectivity index (χ1) is 16.3. The van der Waals surface area contributed by atoms with Crippen LogP contribution in [-0.4, -0.2) is 12.5 Å². The van der Waals surface area contributed by atoms with Crippen molar-refractivity contribution in [2.45, 2.75) is 65.9 Å². The van der Waals surface area contributed by atoms with Crippen molar-refractivity contribution in [2.24, 2.45) is 0 Å². The Hall–Kier alpha value is -3.27. The maximum atomic E-state index is 12.9. The molecule has 1 amide bonds.